The van der Waals surface area contributed by atoms with E-state index in [9.17, 15) is 10.0 Å². The number of hydrogen-bond donors (Lipinski definition) is 1. The molecule has 1 N–H and O–H groups in total. The van der Waals surface area contributed by atoms with Crippen LogP contribution in [0.2, 0.25) is 19.6 Å². The van der Waals surface area contributed by atoms with Crippen LogP contribution < -0.4 is 0 Å². The van der Waals surface area contributed by atoms with Crippen LogP contribution in [0.25, 0.3) is 0 Å². The Hall–Kier alpha value is -1.09. The molecule has 0 aliphatic carbocycles. The number of halogens is 1. The highest BCUT2D eigenvalue weighted by Crippen LogP contribution is 2.17. The van der Waals surface area contributed by atoms with Crippen molar-refractivity contribution in [2.45, 2.75) is 32.2 Å². The number of carbonyl (C=O) groups excluding carboxylic acids is 1. The molecule has 0 saturated carbocycles. The first-order valence-corrected chi connectivity index (χ1v) is 9.10. The molecular weight excluding hydrogens is 256 g/mol. The third kappa shape index (κ3) is 4.00. The lowest BCUT2D eigenvalue weighted by Gasteiger charge is -2.23. The molecule has 1 heterocycles. The molecule has 0 aromatic heterocycles. The molecule has 1 aliphatic heterocycles. The summed E-state index contributed by atoms with van der Waals surface area (Å²) in [7, 11) is -1.55. The second-order valence-corrected chi connectivity index (χ2v) is 9.90. The summed E-state index contributed by atoms with van der Waals surface area (Å²) in [4.78, 5) is 15.1. The minimum absolute atomic E-state index is 0.198. The smallest absolute Gasteiger partial charge is 0.221 e. The van der Waals surface area contributed by atoms with E-state index >= 15 is 0 Å². The Balaban J connectivity index is 3.08. The van der Waals surface area contributed by atoms with Crippen molar-refractivity contribution in [2.75, 3.05) is 0 Å². The molecule has 1 rings (SSSR count). The molecule has 0 radical (unpaired) electrons. The van der Waals surface area contributed by atoms with E-state index < -0.39 is 13.7 Å². The van der Waals surface area contributed by atoms with Crippen molar-refractivity contribution in [3.63, 3.8) is 0 Å². The summed E-state index contributed by atoms with van der Waals surface area (Å²) in [6.45, 7) is 7.66. The minimum atomic E-state index is -1.55. The second-order valence-electron chi connectivity index (χ2n) is 4.76. The minimum Gasteiger partial charge on any atom is -0.293 e. The molecule has 0 amide bonds. The number of rotatable bonds is 1. The van der Waals surface area contributed by atoms with Crippen LogP contribution in [0, 0.1) is 11.5 Å². The maximum absolute atomic E-state index is 11.2. The van der Waals surface area contributed by atoms with Gasteiger partial charge >= 0.3 is 0 Å². The van der Waals surface area contributed by atoms with E-state index in [2.05, 4.69) is 36.1 Å². The molecule has 0 aromatic rings. The van der Waals surface area contributed by atoms with Crippen LogP contribution in [-0.4, -0.2) is 35.5 Å². The van der Waals surface area contributed by atoms with Gasteiger partial charge in [-0.2, -0.15) is 0 Å². The molecule has 92 valence electrons. The van der Waals surface area contributed by atoms with Crippen molar-refractivity contribution in [3.05, 3.63) is 11.8 Å². The van der Waals surface area contributed by atoms with Crippen molar-refractivity contribution in [2.24, 2.45) is 4.99 Å². The highest BCUT2D eigenvalue weighted by molar-refractivity contribution is 6.83. The Morgan fingerprint density at radius 1 is 1.59 bits per heavy atom. The van der Waals surface area contributed by atoms with Crippen LogP contribution in [0.5, 0.6) is 0 Å². The predicted molar refractivity (Wildman–Crippen MR) is 70.6 cm³/mol. The summed E-state index contributed by atoms with van der Waals surface area (Å²) < 4.78 is 0. The third-order valence-corrected chi connectivity index (χ3v) is 3.05. The summed E-state index contributed by atoms with van der Waals surface area (Å²) in [5.41, 5.74) is 2.64. The highest BCUT2D eigenvalue weighted by atomic mass is 35.5. The maximum atomic E-state index is 11.2. The lowest BCUT2D eigenvalue weighted by molar-refractivity contribution is -0.111. The monoisotopic (exact) mass is 270 g/mol. The summed E-state index contributed by atoms with van der Waals surface area (Å²) in [5.74, 6) is 2.66. The Kier molecular flexibility index (Phi) is 4.15. The second kappa shape index (κ2) is 5.04. The largest absolute Gasteiger partial charge is 0.293 e. The van der Waals surface area contributed by atoms with E-state index in [1.54, 1.807) is 0 Å². The maximum Gasteiger partial charge on any atom is 0.221 e. The van der Waals surface area contributed by atoms with Gasteiger partial charge in [-0.3, -0.25) is 10.0 Å². The molecule has 1 unspecified atom stereocenters. The van der Waals surface area contributed by atoms with E-state index in [4.69, 9.17) is 11.6 Å². The average Bonchev–Trinajstić information content (AvgIpc) is 2.18. The van der Waals surface area contributed by atoms with E-state index in [1.807, 2.05) is 0 Å². The molecule has 0 fully saturated rings. The predicted octanol–water partition coefficient (Wildman–Crippen LogP) is 2.01. The van der Waals surface area contributed by atoms with Gasteiger partial charge in [0.25, 0.3) is 0 Å². The van der Waals surface area contributed by atoms with Crippen LogP contribution in [-0.2, 0) is 4.79 Å². The number of alkyl halides is 1. The standard InChI is InChI=1S/C11H15ClN2O2Si/c1-8(15)10-7-9(5-6-17(2,3)4)14(16)11(12)13-10/h7,11,16H,1-4H3. The van der Waals surface area contributed by atoms with E-state index in [-0.39, 0.29) is 11.5 Å². The topological polar surface area (TPSA) is 52.9 Å². The lowest BCUT2D eigenvalue weighted by atomic mass is 10.2. The SMILES string of the molecule is CC(=O)C1=NC(Cl)N(O)C(C#C[Si](C)(C)C)=C1. The molecular formula is C11H15ClN2O2Si. The van der Waals surface area contributed by atoms with Gasteiger partial charge in [-0.05, 0) is 0 Å². The molecule has 0 aromatic carbocycles. The molecule has 4 nitrogen and oxygen atoms in total. The van der Waals surface area contributed by atoms with Crippen molar-refractivity contribution >= 4 is 31.2 Å². The van der Waals surface area contributed by atoms with Gasteiger partial charge in [0.1, 0.15) is 19.5 Å². The number of hydrogen-bond acceptors (Lipinski definition) is 4. The van der Waals surface area contributed by atoms with Crippen LogP contribution in [0.3, 0.4) is 0 Å². The van der Waals surface area contributed by atoms with Crippen LogP contribution in [0.4, 0.5) is 0 Å². The lowest BCUT2D eigenvalue weighted by Crippen LogP contribution is -2.32. The number of Topliss-reactive ketones (excluding diaryl/α,β-unsaturated/α-hetero) is 1. The number of aliphatic imine (C=N–C) groups is 1. The summed E-state index contributed by atoms with van der Waals surface area (Å²) >= 11 is 5.79. The normalized spacial score (nSPS) is 20.1. The third-order valence-electron chi connectivity index (χ3n) is 1.89. The summed E-state index contributed by atoms with van der Waals surface area (Å²) in [6.07, 6.45) is 1.45. The molecule has 0 saturated heterocycles. The zero-order chi connectivity index (χ0) is 13.2. The van der Waals surface area contributed by atoms with Crippen molar-refractivity contribution < 1.29 is 10.0 Å². The fourth-order valence-corrected chi connectivity index (χ4v) is 1.77. The number of carbonyl (C=O) groups is 1. The fraction of sp³-hybridized carbons (Fsp3) is 0.455. The van der Waals surface area contributed by atoms with Crippen molar-refractivity contribution in [1.29, 1.82) is 0 Å². The Morgan fingerprint density at radius 2 is 2.18 bits per heavy atom. The summed E-state index contributed by atoms with van der Waals surface area (Å²) in [6, 6.07) is 0. The highest BCUT2D eigenvalue weighted by Gasteiger charge is 2.22. The first-order chi connectivity index (χ1) is 7.70. The zero-order valence-corrected chi connectivity index (χ0v) is 12.0. The average molecular weight is 271 g/mol. The first-order valence-electron chi connectivity index (χ1n) is 5.16. The van der Waals surface area contributed by atoms with Gasteiger partial charge in [0.2, 0.25) is 5.62 Å². The van der Waals surface area contributed by atoms with Gasteiger partial charge in [0.05, 0.1) is 0 Å². The van der Waals surface area contributed by atoms with Crippen molar-refractivity contribution in [1.82, 2.24) is 5.06 Å². The molecule has 17 heavy (non-hydrogen) atoms. The van der Waals surface area contributed by atoms with Crippen molar-refractivity contribution in [3.8, 4) is 11.5 Å². The van der Waals surface area contributed by atoms with E-state index in [0.717, 1.165) is 5.06 Å². The Labute approximate surface area is 107 Å². The van der Waals surface area contributed by atoms with Gasteiger partial charge in [-0.15, -0.1) is 5.54 Å². The first kappa shape index (κ1) is 14.0. The van der Waals surface area contributed by atoms with Crippen LogP contribution in [0.15, 0.2) is 16.8 Å². The number of hydroxylamine groups is 2. The Bertz CT molecular complexity index is 454. The quantitative estimate of drug-likeness (QED) is 0.343. The number of ketones is 1. The van der Waals surface area contributed by atoms with Crippen LogP contribution in [0.1, 0.15) is 6.92 Å². The van der Waals surface area contributed by atoms with Crippen LogP contribution >= 0.6 is 11.6 Å². The van der Waals surface area contributed by atoms with Gasteiger partial charge in [-0.25, -0.2) is 10.1 Å². The molecule has 1 atom stereocenters. The molecule has 6 heteroatoms. The zero-order valence-electron chi connectivity index (χ0n) is 10.3. The Morgan fingerprint density at radius 3 is 2.65 bits per heavy atom. The van der Waals surface area contributed by atoms with Gasteiger partial charge in [-0.1, -0.05) is 37.2 Å². The number of allylic oxidation sites excluding steroid dienone is 2. The fourth-order valence-electron chi connectivity index (χ4n) is 1.05. The van der Waals surface area contributed by atoms with E-state index in [0.29, 0.717) is 5.70 Å². The molecule has 0 spiro atoms. The van der Waals surface area contributed by atoms with Gasteiger partial charge in [0, 0.05) is 13.0 Å². The van der Waals surface area contributed by atoms with Gasteiger partial charge < -0.3 is 0 Å². The summed E-state index contributed by atoms with van der Waals surface area (Å²) in [5, 5.41) is 10.4. The van der Waals surface area contributed by atoms with Gasteiger partial charge in [0.15, 0.2) is 5.78 Å². The van der Waals surface area contributed by atoms with E-state index in [1.165, 1.54) is 13.0 Å². The number of nitrogens with zero attached hydrogens (tertiary/aromatic N) is 2. The molecule has 0 bridgehead atoms. The molecule has 1 aliphatic rings.